The number of hydrogen-bond acceptors (Lipinski definition) is 2. The van der Waals surface area contributed by atoms with E-state index in [1.54, 1.807) is 0 Å². The average Bonchev–Trinajstić information content (AvgIpc) is 3.09. The van der Waals surface area contributed by atoms with E-state index < -0.39 is 0 Å². The Kier molecular flexibility index (Phi) is 8.49. The highest BCUT2D eigenvalue weighted by Gasteiger charge is 2.26. The first-order chi connectivity index (χ1) is 11.8. The maximum absolute atomic E-state index is 4.51. The summed E-state index contributed by atoms with van der Waals surface area (Å²) in [5.41, 5.74) is 1.46. The summed E-state index contributed by atoms with van der Waals surface area (Å²) in [6.07, 6.45) is 3.95. The highest BCUT2D eigenvalue weighted by atomic mass is 127. The van der Waals surface area contributed by atoms with E-state index in [4.69, 9.17) is 0 Å². The highest BCUT2D eigenvalue weighted by Crippen LogP contribution is 2.26. The Morgan fingerprint density at radius 1 is 1.16 bits per heavy atom. The van der Waals surface area contributed by atoms with Crippen LogP contribution in [0, 0.1) is 5.92 Å². The summed E-state index contributed by atoms with van der Waals surface area (Å²) in [7, 11) is 1.90. The Hall–Kier alpha value is -0.820. The molecule has 2 atom stereocenters. The van der Waals surface area contributed by atoms with E-state index >= 15 is 0 Å². The molecule has 3 rings (SSSR count). The monoisotopic (exact) mass is 456 g/mol. The fourth-order valence-corrected chi connectivity index (χ4v) is 4.10. The Bertz CT molecular complexity index is 534. The fraction of sp³-hybridized carbons (Fsp3) is 0.650. The van der Waals surface area contributed by atoms with Crippen LogP contribution >= 0.6 is 24.0 Å². The number of nitrogens with one attached hydrogen (secondary N) is 1. The van der Waals surface area contributed by atoms with Gasteiger partial charge in [0.05, 0.1) is 0 Å². The van der Waals surface area contributed by atoms with Crippen LogP contribution in [0.1, 0.15) is 37.7 Å². The summed E-state index contributed by atoms with van der Waals surface area (Å²) in [4.78, 5) is 9.51. The molecule has 1 N–H and O–H groups in total. The molecule has 2 aliphatic heterocycles. The van der Waals surface area contributed by atoms with Crippen molar-refractivity contribution in [1.29, 1.82) is 0 Å². The van der Waals surface area contributed by atoms with E-state index in [9.17, 15) is 0 Å². The molecular formula is C20H33IN4. The number of benzene rings is 1. The van der Waals surface area contributed by atoms with Gasteiger partial charge in [0.2, 0.25) is 0 Å². The topological polar surface area (TPSA) is 30.9 Å². The number of likely N-dealkylation sites (tertiary alicyclic amines) is 2. The van der Waals surface area contributed by atoms with Gasteiger partial charge < -0.3 is 15.1 Å². The molecule has 2 aliphatic rings. The van der Waals surface area contributed by atoms with Gasteiger partial charge in [-0.3, -0.25) is 4.99 Å². The lowest BCUT2D eigenvalue weighted by Gasteiger charge is -2.31. The van der Waals surface area contributed by atoms with Crippen LogP contribution in [0.5, 0.6) is 0 Å². The lowest BCUT2D eigenvalue weighted by Crippen LogP contribution is -2.44. The molecule has 2 fully saturated rings. The van der Waals surface area contributed by atoms with Gasteiger partial charge in [0.25, 0.3) is 0 Å². The van der Waals surface area contributed by atoms with Gasteiger partial charge in [0, 0.05) is 45.7 Å². The zero-order valence-corrected chi connectivity index (χ0v) is 18.0. The van der Waals surface area contributed by atoms with Crippen molar-refractivity contribution < 1.29 is 0 Å². The summed E-state index contributed by atoms with van der Waals surface area (Å²) in [6.45, 7) is 9.16. The maximum Gasteiger partial charge on any atom is 0.193 e. The van der Waals surface area contributed by atoms with Gasteiger partial charge in [-0.25, -0.2) is 0 Å². The number of halogens is 1. The number of piperidine rings is 1. The smallest absolute Gasteiger partial charge is 0.193 e. The molecule has 2 saturated heterocycles. The second-order valence-corrected chi connectivity index (χ2v) is 7.36. The van der Waals surface area contributed by atoms with Crippen molar-refractivity contribution in [3.63, 3.8) is 0 Å². The molecule has 1 aromatic rings. The van der Waals surface area contributed by atoms with Crippen molar-refractivity contribution >= 4 is 29.9 Å². The zero-order chi connectivity index (χ0) is 16.8. The number of rotatable bonds is 4. The van der Waals surface area contributed by atoms with Crippen LogP contribution in [0.3, 0.4) is 0 Å². The van der Waals surface area contributed by atoms with Crippen LogP contribution in [0.4, 0.5) is 0 Å². The highest BCUT2D eigenvalue weighted by molar-refractivity contribution is 14.0. The molecule has 25 heavy (non-hydrogen) atoms. The van der Waals surface area contributed by atoms with Crippen LogP contribution in [-0.2, 0) is 0 Å². The van der Waals surface area contributed by atoms with Gasteiger partial charge in [-0.15, -0.1) is 24.0 Å². The number of nitrogens with zero attached hydrogens (tertiary/aromatic N) is 3. The minimum Gasteiger partial charge on any atom is -0.355 e. The van der Waals surface area contributed by atoms with Crippen molar-refractivity contribution in [2.45, 2.75) is 32.1 Å². The van der Waals surface area contributed by atoms with Crippen LogP contribution in [0.15, 0.2) is 35.3 Å². The van der Waals surface area contributed by atoms with E-state index in [1.807, 2.05) is 7.05 Å². The lowest BCUT2D eigenvalue weighted by molar-refractivity contribution is 0.186. The van der Waals surface area contributed by atoms with E-state index in [0.717, 1.165) is 38.1 Å². The minimum absolute atomic E-state index is 0. The predicted octanol–water partition coefficient (Wildman–Crippen LogP) is 3.40. The standard InChI is InChI=1S/C20H32N4.HI/c1-17-7-6-12-23(15-17)14-11-22-20(21-2)24-13-10-19(16-24)18-8-4-3-5-9-18;/h3-5,8-9,17,19H,6-7,10-16H2,1-2H3,(H,21,22);1H. The summed E-state index contributed by atoms with van der Waals surface area (Å²) in [5.74, 6) is 2.55. The third kappa shape index (κ3) is 5.84. The third-order valence-corrected chi connectivity index (χ3v) is 5.42. The minimum atomic E-state index is 0. The van der Waals surface area contributed by atoms with Gasteiger partial charge in [0.15, 0.2) is 5.96 Å². The number of hydrogen-bond donors (Lipinski definition) is 1. The zero-order valence-electron chi connectivity index (χ0n) is 15.7. The summed E-state index contributed by atoms with van der Waals surface area (Å²) < 4.78 is 0. The molecule has 0 aliphatic carbocycles. The molecule has 1 aromatic carbocycles. The first-order valence-electron chi connectivity index (χ1n) is 9.49. The molecule has 0 spiro atoms. The lowest BCUT2D eigenvalue weighted by atomic mass is 9.99. The van der Waals surface area contributed by atoms with Gasteiger partial charge >= 0.3 is 0 Å². The maximum atomic E-state index is 4.51. The Balaban J connectivity index is 0.00000225. The van der Waals surface area contributed by atoms with Crippen molar-refractivity contribution in [2.75, 3.05) is 46.3 Å². The van der Waals surface area contributed by atoms with Crippen molar-refractivity contribution in [2.24, 2.45) is 10.9 Å². The summed E-state index contributed by atoms with van der Waals surface area (Å²) >= 11 is 0. The second kappa shape index (κ2) is 10.4. The SMILES string of the molecule is CN=C(NCCN1CCCC(C)C1)N1CCC(c2ccccc2)C1.I. The van der Waals surface area contributed by atoms with Gasteiger partial charge in [-0.1, -0.05) is 37.3 Å². The average molecular weight is 456 g/mol. The summed E-state index contributed by atoms with van der Waals surface area (Å²) in [6, 6.07) is 10.9. The molecule has 0 radical (unpaired) electrons. The predicted molar refractivity (Wildman–Crippen MR) is 117 cm³/mol. The molecule has 2 heterocycles. The van der Waals surface area contributed by atoms with Crippen LogP contribution < -0.4 is 5.32 Å². The fourth-order valence-electron chi connectivity index (χ4n) is 4.10. The van der Waals surface area contributed by atoms with Gasteiger partial charge in [-0.05, 0) is 37.3 Å². The Morgan fingerprint density at radius 3 is 2.68 bits per heavy atom. The Labute approximate surface area is 170 Å². The van der Waals surface area contributed by atoms with Crippen molar-refractivity contribution in [3.05, 3.63) is 35.9 Å². The molecule has 2 unspecified atom stereocenters. The second-order valence-electron chi connectivity index (χ2n) is 7.36. The van der Waals surface area contributed by atoms with Gasteiger partial charge in [0.1, 0.15) is 0 Å². The summed E-state index contributed by atoms with van der Waals surface area (Å²) in [5, 5.41) is 3.58. The number of aliphatic imine (C=N–C) groups is 1. The van der Waals surface area contributed by atoms with Crippen molar-refractivity contribution in [3.8, 4) is 0 Å². The molecule has 4 nitrogen and oxygen atoms in total. The molecule has 0 bridgehead atoms. The van der Waals surface area contributed by atoms with Crippen LogP contribution in [0.2, 0.25) is 0 Å². The van der Waals surface area contributed by atoms with E-state index in [-0.39, 0.29) is 24.0 Å². The quantitative estimate of drug-likeness (QED) is 0.428. The van der Waals surface area contributed by atoms with Crippen molar-refractivity contribution in [1.82, 2.24) is 15.1 Å². The van der Waals surface area contributed by atoms with E-state index in [2.05, 4.69) is 57.4 Å². The largest absolute Gasteiger partial charge is 0.355 e. The molecule has 0 amide bonds. The van der Waals surface area contributed by atoms with E-state index in [0.29, 0.717) is 5.92 Å². The third-order valence-electron chi connectivity index (χ3n) is 5.42. The molecule has 0 saturated carbocycles. The molecule has 0 aromatic heterocycles. The first-order valence-corrected chi connectivity index (χ1v) is 9.49. The van der Waals surface area contributed by atoms with Crippen LogP contribution in [0.25, 0.3) is 0 Å². The molecule has 140 valence electrons. The number of guanidine groups is 1. The van der Waals surface area contributed by atoms with E-state index in [1.165, 1.54) is 37.9 Å². The Morgan fingerprint density at radius 2 is 1.96 bits per heavy atom. The van der Waals surface area contributed by atoms with Gasteiger partial charge in [-0.2, -0.15) is 0 Å². The molecular weight excluding hydrogens is 423 g/mol. The first kappa shape index (κ1) is 20.5. The normalized spacial score (nSPS) is 24.9. The molecule has 5 heteroatoms. The van der Waals surface area contributed by atoms with Crippen LogP contribution in [-0.4, -0.2) is 62.1 Å².